The van der Waals surface area contributed by atoms with Gasteiger partial charge in [0, 0.05) is 31.7 Å². The number of rotatable bonds is 9. The van der Waals surface area contributed by atoms with Crippen LogP contribution in [0, 0.1) is 18.7 Å². The van der Waals surface area contributed by atoms with Gasteiger partial charge in [0.05, 0.1) is 11.5 Å². The zero-order chi connectivity index (χ0) is 24.2. The number of carbonyl (C=O) groups is 2. The molecular formula is C25H27FN4O3S. The number of aryl methyl sites for hydroxylation is 1. The number of aromatic nitrogens is 2. The van der Waals surface area contributed by atoms with Crippen LogP contribution >= 0.6 is 11.3 Å². The van der Waals surface area contributed by atoms with E-state index < -0.39 is 17.7 Å². The van der Waals surface area contributed by atoms with Gasteiger partial charge in [-0.25, -0.2) is 4.39 Å². The van der Waals surface area contributed by atoms with Crippen molar-refractivity contribution in [3.8, 4) is 10.6 Å². The molecule has 0 atom stereocenters. The highest BCUT2D eigenvalue weighted by Crippen LogP contribution is 2.32. The molecule has 0 radical (unpaired) electrons. The number of hydrogen-bond acceptors (Lipinski definition) is 6. The predicted molar refractivity (Wildman–Crippen MR) is 129 cm³/mol. The fourth-order valence-electron chi connectivity index (χ4n) is 3.92. The number of nitrogens with zero attached hydrogens (tertiary/aromatic N) is 4. The highest BCUT2D eigenvalue weighted by atomic mass is 32.1. The van der Waals surface area contributed by atoms with Crippen LogP contribution in [0.2, 0.25) is 0 Å². The Bertz CT molecular complexity index is 1190. The first kappa shape index (κ1) is 24.0. The number of likely N-dealkylation sites (tertiary alicyclic amines) is 1. The van der Waals surface area contributed by atoms with Gasteiger partial charge in [0.2, 0.25) is 5.13 Å². The summed E-state index contributed by atoms with van der Waals surface area (Å²) < 4.78 is 14.3. The largest absolute Gasteiger partial charge is 0.481 e. The van der Waals surface area contributed by atoms with Gasteiger partial charge in [0.15, 0.2) is 0 Å². The van der Waals surface area contributed by atoms with Gasteiger partial charge >= 0.3 is 5.97 Å². The minimum Gasteiger partial charge on any atom is -0.481 e. The maximum absolute atomic E-state index is 14.3. The molecule has 34 heavy (non-hydrogen) atoms. The zero-order valence-corrected chi connectivity index (χ0v) is 20.0. The van der Waals surface area contributed by atoms with Crippen molar-refractivity contribution in [2.24, 2.45) is 5.92 Å². The Labute approximate surface area is 201 Å². The molecule has 1 fully saturated rings. The molecule has 4 rings (SSSR count). The topological polar surface area (TPSA) is 86.6 Å². The van der Waals surface area contributed by atoms with Crippen LogP contribution in [0.5, 0.6) is 0 Å². The summed E-state index contributed by atoms with van der Waals surface area (Å²) in [6, 6.07) is 12.0. The maximum Gasteiger partial charge on any atom is 0.309 e. The van der Waals surface area contributed by atoms with E-state index in [0.717, 1.165) is 29.5 Å². The smallest absolute Gasteiger partial charge is 0.309 e. The lowest BCUT2D eigenvalue weighted by molar-refractivity contribution is -0.147. The number of aliphatic carboxylic acids is 1. The number of unbranched alkanes of at least 4 members (excludes halogenated alkanes) is 1. The van der Waals surface area contributed by atoms with E-state index in [1.165, 1.54) is 28.4 Å². The summed E-state index contributed by atoms with van der Waals surface area (Å²) in [5, 5.41) is 18.7. The Hall–Kier alpha value is -3.17. The minimum absolute atomic E-state index is 0.0201. The monoisotopic (exact) mass is 482 g/mol. The third-order valence-electron chi connectivity index (χ3n) is 6.02. The Morgan fingerprint density at radius 1 is 1.21 bits per heavy atom. The highest BCUT2D eigenvalue weighted by Gasteiger charge is 2.32. The predicted octanol–water partition coefficient (Wildman–Crippen LogP) is 4.62. The molecule has 1 N–H and O–H groups in total. The summed E-state index contributed by atoms with van der Waals surface area (Å²) in [7, 11) is 0. The van der Waals surface area contributed by atoms with Crippen LogP contribution in [-0.4, -0.2) is 51.7 Å². The molecule has 3 aromatic rings. The number of carbonyl (C=O) groups excluding carboxylic acids is 1. The van der Waals surface area contributed by atoms with E-state index in [1.54, 1.807) is 12.1 Å². The Morgan fingerprint density at radius 2 is 1.97 bits per heavy atom. The minimum atomic E-state index is -0.739. The van der Waals surface area contributed by atoms with Crippen molar-refractivity contribution >= 4 is 28.3 Å². The number of halogens is 1. The Kier molecular flexibility index (Phi) is 7.33. The molecule has 7 nitrogen and oxygen atoms in total. The standard InChI is InChI=1S/C25H27FN4O3S/c1-3-4-11-30(23(31)20-7-5-6-8-21(20)26)25-28-27-22(34-25)17-9-10-18(16(2)12-17)13-29-14-19(15-29)24(32)33/h5-10,12,19H,3-4,11,13-15H2,1-2H3,(H,32,33). The molecule has 1 aromatic heterocycles. The first-order valence-corrected chi connectivity index (χ1v) is 12.1. The second-order valence-corrected chi connectivity index (χ2v) is 9.51. The van der Waals surface area contributed by atoms with Crippen molar-refractivity contribution in [2.75, 3.05) is 24.5 Å². The molecule has 2 aromatic carbocycles. The zero-order valence-electron chi connectivity index (χ0n) is 19.2. The molecule has 9 heteroatoms. The normalized spacial score (nSPS) is 14.1. The number of hydrogen-bond donors (Lipinski definition) is 1. The lowest BCUT2D eigenvalue weighted by atomic mass is 9.98. The van der Waals surface area contributed by atoms with Crippen LogP contribution in [0.4, 0.5) is 9.52 Å². The van der Waals surface area contributed by atoms with E-state index in [9.17, 15) is 14.0 Å². The molecule has 0 bridgehead atoms. The Balaban J connectivity index is 1.51. The van der Waals surface area contributed by atoms with Gasteiger partial charge in [-0.3, -0.25) is 19.4 Å². The molecular weight excluding hydrogens is 455 g/mol. The quantitative estimate of drug-likeness (QED) is 0.479. The molecule has 178 valence electrons. The summed E-state index contributed by atoms with van der Waals surface area (Å²) >= 11 is 1.31. The summed E-state index contributed by atoms with van der Waals surface area (Å²) in [6.45, 7) is 6.33. The van der Waals surface area contributed by atoms with Crippen molar-refractivity contribution in [2.45, 2.75) is 33.2 Å². The SMILES string of the molecule is CCCCN(C(=O)c1ccccc1F)c1nnc(-c2ccc(CN3CC(C(=O)O)C3)c(C)c2)s1. The molecule has 1 aliphatic rings. The van der Waals surface area contributed by atoms with E-state index in [2.05, 4.69) is 15.1 Å². The average molecular weight is 483 g/mol. The molecule has 1 aliphatic heterocycles. The van der Waals surface area contributed by atoms with Gasteiger partial charge in [-0.05, 0) is 42.7 Å². The summed E-state index contributed by atoms with van der Waals surface area (Å²) in [6.07, 6.45) is 1.65. The molecule has 0 spiro atoms. The fraction of sp³-hybridized carbons (Fsp3) is 0.360. The van der Waals surface area contributed by atoms with Gasteiger partial charge in [0.25, 0.3) is 5.91 Å². The third-order valence-corrected chi connectivity index (χ3v) is 7.02. The van der Waals surface area contributed by atoms with Crippen molar-refractivity contribution in [1.29, 1.82) is 0 Å². The van der Waals surface area contributed by atoms with E-state index in [1.807, 2.05) is 32.0 Å². The van der Waals surface area contributed by atoms with Crippen molar-refractivity contribution in [1.82, 2.24) is 15.1 Å². The lowest BCUT2D eigenvalue weighted by Crippen LogP contribution is -2.49. The van der Waals surface area contributed by atoms with Crippen molar-refractivity contribution in [3.63, 3.8) is 0 Å². The molecule has 0 aliphatic carbocycles. The van der Waals surface area contributed by atoms with Gasteiger partial charge in [-0.2, -0.15) is 0 Å². The fourth-order valence-corrected chi connectivity index (χ4v) is 4.79. The van der Waals surface area contributed by atoms with E-state index >= 15 is 0 Å². The van der Waals surface area contributed by atoms with Crippen LogP contribution in [-0.2, 0) is 11.3 Å². The second kappa shape index (κ2) is 10.4. The number of benzene rings is 2. The maximum atomic E-state index is 14.3. The van der Waals surface area contributed by atoms with E-state index in [-0.39, 0.29) is 11.5 Å². The molecule has 1 saturated heterocycles. The summed E-state index contributed by atoms with van der Waals surface area (Å²) in [5.41, 5.74) is 3.13. The molecule has 1 amide bonds. The summed E-state index contributed by atoms with van der Waals surface area (Å²) in [5.74, 6) is -1.99. The number of carboxylic acid groups (broad SMARTS) is 1. The van der Waals surface area contributed by atoms with E-state index in [0.29, 0.717) is 36.3 Å². The summed E-state index contributed by atoms with van der Waals surface area (Å²) in [4.78, 5) is 27.7. The van der Waals surface area contributed by atoms with Crippen LogP contribution in [0.3, 0.4) is 0 Å². The molecule has 0 saturated carbocycles. The number of amides is 1. The van der Waals surface area contributed by atoms with Gasteiger partial charge in [-0.15, -0.1) is 10.2 Å². The lowest BCUT2D eigenvalue weighted by Gasteiger charge is -2.36. The molecule has 2 heterocycles. The van der Waals surface area contributed by atoms with Crippen LogP contribution in [0.1, 0.15) is 41.3 Å². The van der Waals surface area contributed by atoms with Crippen molar-refractivity contribution < 1.29 is 19.1 Å². The van der Waals surface area contributed by atoms with Crippen molar-refractivity contribution in [3.05, 3.63) is 65.0 Å². The Morgan fingerprint density at radius 3 is 2.65 bits per heavy atom. The van der Waals surface area contributed by atoms with Crippen LogP contribution < -0.4 is 4.90 Å². The van der Waals surface area contributed by atoms with E-state index in [4.69, 9.17) is 5.11 Å². The van der Waals surface area contributed by atoms with Gasteiger partial charge in [0.1, 0.15) is 10.8 Å². The number of carboxylic acids is 1. The van der Waals surface area contributed by atoms with Gasteiger partial charge in [-0.1, -0.05) is 48.9 Å². The van der Waals surface area contributed by atoms with Crippen LogP contribution in [0.25, 0.3) is 10.6 Å². The van der Waals surface area contributed by atoms with Gasteiger partial charge < -0.3 is 5.11 Å². The number of anilines is 1. The first-order chi connectivity index (χ1) is 16.4. The van der Waals surface area contributed by atoms with Crippen LogP contribution in [0.15, 0.2) is 42.5 Å². The third kappa shape index (κ3) is 5.15. The molecule has 0 unspecified atom stereocenters. The second-order valence-electron chi connectivity index (χ2n) is 8.55. The first-order valence-electron chi connectivity index (χ1n) is 11.3. The average Bonchev–Trinajstić information content (AvgIpc) is 3.27. The highest BCUT2D eigenvalue weighted by molar-refractivity contribution is 7.18.